The summed E-state index contributed by atoms with van der Waals surface area (Å²) in [5.41, 5.74) is 3.27. The molecule has 0 aliphatic rings. The second-order valence-electron chi connectivity index (χ2n) is 12.6. The van der Waals surface area contributed by atoms with Gasteiger partial charge in [0.15, 0.2) is 9.84 Å². The Balaban J connectivity index is 1.43. The van der Waals surface area contributed by atoms with Crippen molar-refractivity contribution in [3.63, 3.8) is 0 Å². The molecule has 4 aromatic rings. The highest BCUT2D eigenvalue weighted by molar-refractivity contribution is 9.10. The van der Waals surface area contributed by atoms with Gasteiger partial charge in [0, 0.05) is 4.47 Å². The molecule has 6 heteroatoms. The molecule has 4 aromatic carbocycles. The van der Waals surface area contributed by atoms with Crippen LogP contribution in [0.1, 0.15) is 70.6 Å². The molecule has 4 rings (SSSR count). The zero-order valence-electron chi connectivity index (χ0n) is 26.8. The van der Waals surface area contributed by atoms with Gasteiger partial charge in [-0.2, -0.15) is 0 Å². The fraction of sp³-hybridized carbons (Fsp3) is 0.282. The van der Waals surface area contributed by atoms with Gasteiger partial charge in [-0.05, 0) is 91.2 Å². The Kier molecular flexibility index (Phi) is 12.0. The van der Waals surface area contributed by atoms with Gasteiger partial charge in [-0.1, -0.05) is 144 Å². The predicted octanol–water partition coefficient (Wildman–Crippen LogP) is 9.34. The molecule has 0 spiro atoms. The summed E-state index contributed by atoms with van der Waals surface area (Å²) in [6, 6.07) is 36.7. The molecule has 0 amide bonds. The number of benzene rings is 4. The summed E-state index contributed by atoms with van der Waals surface area (Å²) < 4.78 is 28.3. The van der Waals surface area contributed by atoms with E-state index in [2.05, 4.69) is 80.0 Å². The Morgan fingerprint density at radius 1 is 0.778 bits per heavy atom. The first-order valence-electron chi connectivity index (χ1n) is 15.6. The topological polar surface area (TPSA) is 54.4 Å². The fourth-order valence-corrected chi connectivity index (χ4v) is 11.8. The second kappa shape index (κ2) is 15.5. The average molecular weight is 702 g/mol. The van der Waals surface area contributed by atoms with Gasteiger partial charge >= 0.3 is 0 Å². The average Bonchev–Trinajstić information content (AvgIpc) is 3.04. The third-order valence-electron chi connectivity index (χ3n) is 8.89. The number of halogens is 1. The molecule has 0 aliphatic carbocycles. The molecule has 0 fully saturated rings. The molecule has 0 saturated heterocycles. The number of rotatable bonds is 14. The zero-order valence-corrected chi connectivity index (χ0v) is 30.2. The van der Waals surface area contributed by atoms with Crippen LogP contribution in [0.2, 0.25) is 5.04 Å². The molecule has 0 aliphatic heterocycles. The van der Waals surface area contributed by atoms with E-state index < -0.39 is 23.4 Å². The number of allylic oxidation sites excluding steroid dienone is 4. The molecule has 3 nitrogen and oxygen atoms in total. The maximum absolute atomic E-state index is 13.7. The van der Waals surface area contributed by atoms with Crippen LogP contribution in [-0.4, -0.2) is 21.5 Å². The lowest BCUT2D eigenvalue weighted by Crippen LogP contribution is -2.65. The Labute approximate surface area is 279 Å². The van der Waals surface area contributed by atoms with Crippen molar-refractivity contribution < 1.29 is 13.2 Å². The fourth-order valence-electron chi connectivity index (χ4n) is 5.98. The van der Waals surface area contributed by atoms with Crippen molar-refractivity contribution in [1.29, 1.82) is 0 Å². The van der Waals surface area contributed by atoms with Gasteiger partial charge in [-0.15, -0.1) is 0 Å². The van der Waals surface area contributed by atoms with Crippen LogP contribution in [0.4, 0.5) is 0 Å². The minimum Gasteiger partial charge on any atom is -0.424 e. The molecular weight excluding hydrogens is 656 g/mol. The molecule has 0 heterocycles. The van der Waals surface area contributed by atoms with Crippen LogP contribution in [0.3, 0.4) is 0 Å². The minimum absolute atomic E-state index is 0.285. The van der Waals surface area contributed by atoms with Crippen molar-refractivity contribution in [2.24, 2.45) is 0 Å². The smallest absolute Gasteiger partial charge is 0.258 e. The molecule has 45 heavy (non-hydrogen) atoms. The first-order chi connectivity index (χ1) is 21.4. The van der Waals surface area contributed by atoms with Gasteiger partial charge in [0.2, 0.25) is 0 Å². The SMILES string of the molecule is C/C(=C\CC(c1cccc(Br)c1)S(=O)(=O)c1ccccc1)CC/C=C(\C)CCC(C)(C)[Si](O)(c1ccccc1)c1ccccc1. The lowest BCUT2D eigenvalue weighted by atomic mass is 10.0. The van der Waals surface area contributed by atoms with E-state index in [1.807, 2.05) is 66.7 Å². The van der Waals surface area contributed by atoms with Crippen molar-refractivity contribution in [1.82, 2.24) is 0 Å². The summed E-state index contributed by atoms with van der Waals surface area (Å²) in [7, 11) is -6.60. The van der Waals surface area contributed by atoms with Crippen LogP contribution >= 0.6 is 15.9 Å². The standard InChI is InChI=1S/C39H45BrO3SSi/c1-31(26-27-38(33-18-15-19-34(40)30-33)44(41,42)35-20-8-5-9-21-35)16-14-17-32(2)28-29-39(3,4)45(43,36-22-10-6-11-23-36)37-24-12-7-13-25-37/h5-13,15,17-26,30,38,43H,14,16,27-29H2,1-4H3/b31-26+,32-17+. The summed E-state index contributed by atoms with van der Waals surface area (Å²) in [4.78, 5) is 12.8. The molecule has 0 aromatic heterocycles. The quantitative estimate of drug-likeness (QED) is 0.105. The van der Waals surface area contributed by atoms with Crippen molar-refractivity contribution in [2.45, 2.75) is 75.0 Å². The third-order valence-corrected chi connectivity index (χ3v) is 16.1. The first kappa shape index (κ1) is 34.8. The van der Waals surface area contributed by atoms with E-state index in [-0.39, 0.29) is 5.04 Å². The summed E-state index contributed by atoms with van der Waals surface area (Å²) in [6.07, 6.45) is 8.34. The van der Waals surface area contributed by atoms with Crippen molar-refractivity contribution in [3.8, 4) is 0 Å². The van der Waals surface area contributed by atoms with E-state index in [0.717, 1.165) is 46.1 Å². The highest BCUT2D eigenvalue weighted by atomic mass is 79.9. The minimum atomic E-state index is -3.57. The molecule has 1 atom stereocenters. The number of hydrogen-bond donors (Lipinski definition) is 1. The highest BCUT2D eigenvalue weighted by Gasteiger charge is 2.49. The van der Waals surface area contributed by atoms with E-state index in [1.54, 1.807) is 24.3 Å². The van der Waals surface area contributed by atoms with Gasteiger partial charge < -0.3 is 4.80 Å². The monoisotopic (exact) mass is 700 g/mol. The molecule has 0 radical (unpaired) electrons. The van der Waals surface area contributed by atoms with Crippen LogP contribution in [0.15, 0.2) is 148 Å². The van der Waals surface area contributed by atoms with Crippen molar-refractivity contribution in [3.05, 3.63) is 149 Å². The van der Waals surface area contributed by atoms with E-state index in [0.29, 0.717) is 11.3 Å². The second-order valence-corrected chi connectivity index (χ2v) is 19.6. The van der Waals surface area contributed by atoms with E-state index >= 15 is 0 Å². The number of sulfone groups is 1. The largest absolute Gasteiger partial charge is 0.424 e. The van der Waals surface area contributed by atoms with Crippen LogP contribution in [0.5, 0.6) is 0 Å². The van der Waals surface area contributed by atoms with Crippen LogP contribution in [-0.2, 0) is 9.84 Å². The summed E-state index contributed by atoms with van der Waals surface area (Å²) in [5.74, 6) is 0. The van der Waals surface area contributed by atoms with Gasteiger partial charge in [0.25, 0.3) is 8.32 Å². The van der Waals surface area contributed by atoms with E-state index in [4.69, 9.17) is 0 Å². The van der Waals surface area contributed by atoms with Gasteiger partial charge in [0.05, 0.1) is 10.1 Å². The third kappa shape index (κ3) is 8.62. The zero-order chi connectivity index (χ0) is 32.5. The summed E-state index contributed by atoms with van der Waals surface area (Å²) >= 11 is 3.51. The predicted molar refractivity (Wildman–Crippen MR) is 195 cm³/mol. The van der Waals surface area contributed by atoms with Gasteiger partial charge in [0.1, 0.15) is 0 Å². The van der Waals surface area contributed by atoms with E-state index in [1.165, 1.54) is 11.1 Å². The molecule has 1 unspecified atom stereocenters. The highest BCUT2D eigenvalue weighted by Crippen LogP contribution is 2.41. The normalized spacial score (nSPS) is 13.9. The maximum Gasteiger partial charge on any atom is 0.258 e. The number of hydrogen-bond acceptors (Lipinski definition) is 3. The van der Waals surface area contributed by atoms with Crippen molar-refractivity contribution >= 4 is 44.5 Å². The molecule has 0 saturated carbocycles. The molecule has 0 bridgehead atoms. The lowest BCUT2D eigenvalue weighted by molar-refractivity contribution is 0.466. The van der Waals surface area contributed by atoms with Crippen LogP contribution < -0.4 is 10.4 Å². The molecular formula is C39H45BrO3SSi. The van der Waals surface area contributed by atoms with Gasteiger partial charge in [-0.3, -0.25) is 0 Å². The van der Waals surface area contributed by atoms with Crippen LogP contribution in [0, 0.1) is 0 Å². The maximum atomic E-state index is 13.7. The Hall–Kier alpha value is -3.03. The van der Waals surface area contributed by atoms with Crippen LogP contribution in [0.25, 0.3) is 0 Å². The molecule has 236 valence electrons. The Morgan fingerprint density at radius 2 is 1.31 bits per heavy atom. The Bertz CT molecular complexity index is 1660. The van der Waals surface area contributed by atoms with Crippen molar-refractivity contribution in [2.75, 3.05) is 0 Å². The van der Waals surface area contributed by atoms with Gasteiger partial charge in [-0.25, -0.2) is 8.42 Å². The first-order valence-corrected chi connectivity index (χ1v) is 19.9. The molecule has 1 N–H and O–H groups in total. The lowest BCUT2D eigenvalue weighted by Gasteiger charge is -2.41. The summed E-state index contributed by atoms with van der Waals surface area (Å²) in [5, 5.41) is 1.13. The van der Waals surface area contributed by atoms with E-state index in [9.17, 15) is 13.2 Å². The Morgan fingerprint density at radius 3 is 1.87 bits per heavy atom. The summed E-state index contributed by atoms with van der Waals surface area (Å²) in [6.45, 7) is 8.69.